The zero-order valence-electron chi connectivity index (χ0n) is 12.2. The van der Waals surface area contributed by atoms with Gasteiger partial charge in [-0.1, -0.05) is 6.07 Å². The predicted molar refractivity (Wildman–Crippen MR) is 85.9 cm³/mol. The molecule has 0 radical (unpaired) electrons. The number of nitrogens with one attached hydrogen (secondary N) is 1. The molecule has 0 amide bonds. The van der Waals surface area contributed by atoms with Crippen LogP contribution in [0.15, 0.2) is 23.1 Å². The van der Waals surface area contributed by atoms with Crippen LogP contribution in [0.2, 0.25) is 0 Å². The summed E-state index contributed by atoms with van der Waals surface area (Å²) in [6.45, 7) is 1.67. The van der Waals surface area contributed by atoms with Crippen molar-refractivity contribution in [3.63, 3.8) is 0 Å². The number of likely N-dealkylation sites (N-methyl/N-ethyl adjacent to an activating group) is 1. The second-order valence-electron chi connectivity index (χ2n) is 5.72. The lowest BCUT2D eigenvalue weighted by Gasteiger charge is -2.16. The topological polar surface area (TPSA) is 58.1 Å². The van der Waals surface area contributed by atoms with Crippen LogP contribution in [0, 0.1) is 4.77 Å². The number of sulfone groups is 1. The van der Waals surface area contributed by atoms with Crippen molar-refractivity contribution in [1.29, 1.82) is 0 Å². The normalized spacial score (nSPS) is 16.0. The van der Waals surface area contributed by atoms with Crippen molar-refractivity contribution in [3.05, 3.63) is 23.0 Å². The molecule has 7 heteroatoms. The van der Waals surface area contributed by atoms with Gasteiger partial charge in [-0.05, 0) is 44.2 Å². The molecule has 114 valence electrons. The van der Waals surface area contributed by atoms with Gasteiger partial charge in [0.1, 0.15) is 0 Å². The van der Waals surface area contributed by atoms with Crippen LogP contribution in [0.1, 0.15) is 12.8 Å². The number of hydrogen-bond donors (Lipinski definition) is 1. The number of fused-ring (bicyclic) bond motifs is 1. The molecule has 1 aliphatic carbocycles. The zero-order chi connectivity index (χ0) is 15.2. The van der Waals surface area contributed by atoms with Crippen molar-refractivity contribution in [1.82, 2.24) is 14.5 Å². The highest BCUT2D eigenvalue weighted by atomic mass is 32.2. The minimum atomic E-state index is -3.27. The highest BCUT2D eigenvalue weighted by molar-refractivity contribution is 7.91. The Morgan fingerprint density at radius 2 is 2.14 bits per heavy atom. The molecule has 1 aromatic heterocycles. The summed E-state index contributed by atoms with van der Waals surface area (Å²) >= 11 is 5.36. The van der Waals surface area contributed by atoms with Crippen LogP contribution >= 0.6 is 12.2 Å². The zero-order valence-corrected chi connectivity index (χ0v) is 13.8. The van der Waals surface area contributed by atoms with Crippen LogP contribution in [0.25, 0.3) is 11.0 Å². The third kappa shape index (κ3) is 2.90. The maximum Gasteiger partial charge on any atom is 0.178 e. The van der Waals surface area contributed by atoms with Gasteiger partial charge in [0.15, 0.2) is 14.6 Å². The lowest BCUT2D eigenvalue weighted by Crippen LogP contribution is -2.25. The fraction of sp³-hybridized carbons (Fsp3) is 0.500. The molecule has 0 aliphatic heterocycles. The molecule has 2 aromatic rings. The molecular weight excluding hydrogens is 306 g/mol. The van der Waals surface area contributed by atoms with Crippen molar-refractivity contribution in [2.75, 3.05) is 19.8 Å². The van der Waals surface area contributed by atoms with E-state index < -0.39 is 9.84 Å². The number of para-hydroxylation sites is 1. The number of aromatic nitrogens is 2. The average Bonchev–Trinajstić information content (AvgIpc) is 3.19. The quantitative estimate of drug-likeness (QED) is 0.856. The first-order chi connectivity index (χ1) is 9.88. The Morgan fingerprint density at radius 3 is 2.76 bits per heavy atom. The van der Waals surface area contributed by atoms with Crippen LogP contribution < -0.4 is 0 Å². The van der Waals surface area contributed by atoms with Crippen molar-refractivity contribution >= 4 is 33.1 Å². The smallest absolute Gasteiger partial charge is 0.178 e. The molecule has 1 heterocycles. The van der Waals surface area contributed by atoms with E-state index in [9.17, 15) is 8.42 Å². The third-order valence-electron chi connectivity index (χ3n) is 4.02. The number of rotatable bonds is 5. The number of H-pyrrole nitrogens is 1. The van der Waals surface area contributed by atoms with Gasteiger partial charge in [-0.2, -0.15) is 0 Å². The lowest BCUT2D eigenvalue weighted by atomic mass is 10.3. The molecule has 21 heavy (non-hydrogen) atoms. The van der Waals surface area contributed by atoms with Gasteiger partial charge in [-0.15, -0.1) is 0 Å². The summed E-state index contributed by atoms with van der Waals surface area (Å²) in [4.78, 5) is 5.69. The summed E-state index contributed by atoms with van der Waals surface area (Å²) in [6.07, 6.45) is 3.76. The van der Waals surface area contributed by atoms with Gasteiger partial charge in [-0.25, -0.2) is 8.42 Å². The fourth-order valence-corrected chi connectivity index (χ4v) is 3.78. The van der Waals surface area contributed by atoms with Crippen LogP contribution in [0.4, 0.5) is 0 Å². The molecule has 1 aliphatic rings. The van der Waals surface area contributed by atoms with E-state index in [4.69, 9.17) is 12.2 Å². The van der Waals surface area contributed by atoms with Gasteiger partial charge in [0.25, 0.3) is 0 Å². The third-order valence-corrected chi connectivity index (χ3v) is 5.48. The fourth-order valence-electron chi connectivity index (χ4n) is 2.64. The molecular formula is C14H19N3O2S2. The summed E-state index contributed by atoms with van der Waals surface area (Å²) in [5, 5.41) is 0. The summed E-state index contributed by atoms with van der Waals surface area (Å²) in [5.41, 5.74) is 1.46. The minimum absolute atomic E-state index is 0.306. The van der Waals surface area contributed by atoms with Crippen molar-refractivity contribution in [2.45, 2.75) is 30.3 Å². The number of nitrogens with zero attached hydrogens (tertiary/aromatic N) is 2. The minimum Gasteiger partial charge on any atom is -0.329 e. The van der Waals surface area contributed by atoms with Gasteiger partial charge < -0.3 is 14.5 Å². The first-order valence-electron chi connectivity index (χ1n) is 7.00. The Kier molecular flexibility index (Phi) is 3.67. The number of hydrogen-bond acceptors (Lipinski definition) is 4. The van der Waals surface area contributed by atoms with Crippen LogP contribution in [0.5, 0.6) is 0 Å². The summed E-state index contributed by atoms with van der Waals surface area (Å²) < 4.78 is 26.3. The van der Waals surface area contributed by atoms with Crippen molar-refractivity contribution < 1.29 is 8.42 Å². The molecule has 5 nitrogen and oxygen atoms in total. The van der Waals surface area contributed by atoms with E-state index in [1.54, 1.807) is 12.1 Å². The Bertz CT molecular complexity index is 832. The molecule has 1 aromatic carbocycles. The van der Waals surface area contributed by atoms with E-state index in [1.165, 1.54) is 19.1 Å². The van der Waals surface area contributed by atoms with Gasteiger partial charge in [-0.3, -0.25) is 0 Å². The first kappa shape index (κ1) is 14.7. The van der Waals surface area contributed by atoms with Crippen molar-refractivity contribution in [2.24, 2.45) is 0 Å². The van der Waals surface area contributed by atoms with Gasteiger partial charge in [0, 0.05) is 25.4 Å². The average molecular weight is 325 g/mol. The Labute approximate surface area is 129 Å². The Balaban J connectivity index is 1.99. The summed E-state index contributed by atoms with van der Waals surface area (Å²) in [7, 11) is -1.15. The van der Waals surface area contributed by atoms with E-state index in [0.29, 0.717) is 21.2 Å². The molecule has 1 saturated carbocycles. The van der Waals surface area contributed by atoms with E-state index in [2.05, 4.69) is 16.9 Å². The number of aromatic amines is 1. The molecule has 1 fully saturated rings. The predicted octanol–water partition coefficient (Wildman–Crippen LogP) is 2.20. The highest BCUT2D eigenvalue weighted by Crippen LogP contribution is 2.26. The number of benzene rings is 1. The van der Waals surface area contributed by atoms with E-state index in [1.807, 2.05) is 10.6 Å². The van der Waals surface area contributed by atoms with E-state index >= 15 is 0 Å². The SMILES string of the molecule is CN(CCn1c(=S)[nH]c2c(S(C)(=O)=O)cccc21)C1CC1. The molecule has 0 saturated heterocycles. The maximum absolute atomic E-state index is 11.9. The van der Waals surface area contributed by atoms with Gasteiger partial charge >= 0.3 is 0 Å². The molecule has 1 N–H and O–H groups in total. The van der Waals surface area contributed by atoms with Crippen LogP contribution in [-0.4, -0.2) is 48.8 Å². The number of imidazole rings is 1. The molecule has 0 spiro atoms. The first-order valence-corrected chi connectivity index (χ1v) is 9.30. The summed E-state index contributed by atoms with van der Waals surface area (Å²) in [6, 6.07) is 6.00. The molecule has 0 bridgehead atoms. The summed E-state index contributed by atoms with van der Waals surface area (Å²) in [5.74, 6) is 0. The Hall–Kier alpha value is -1.18. The van der Waals surface area contributed by atoms with Gasteiger partial charge in [0.05, 0.1) is 15.9 Å². The monoisotopic (exact) mass is 325 g/mol. The van der Waals surface area contributed by atoms with E-state index in [-0.39, 0.29) is 0 Å². The van der Waals surface area contributed by atoms with E-state index in [0.717, 1.165) is 18.6 Å². The van der Waals surface area contributed by atoms with Gasteiger partial charge in [0.2, 0.25) is 0 Å². The Morgan fingerprint density at radius 1 is 1.43 bits per heavy atom. The van der Waals surface area contributed by atoms with Crippen molar-refractivity contribution in [3.8, 4) is 0 Å². The largest absolute Gasteiger partial charge is 0.329 e. The second kappa shape index (κ2) is 5.23. The highest BCUT2D eigenvalue weighted by Gasteiger charge is 2.25. The maximum atomic E-state index is 11.9. The second-order valence-corrected chi connectivity index (χ2v) is 8.09. The van der Waals surface area contributed by atoms with Crippen LogP contribution in [0.3, 0.4) is 0 Å². The molecule has 0 atom stereocenters. The lowest BCUT2D eigenvalue weighted by molar-refractivity contribution is 0.310. The standard InChI is InChI=1S/C14H19N3O2S2/c1-16(10-6-7-10)8-9-17-11-4-3-5-12(21(2,18)19)13(11)15-14(17)20/h3-5,10H,6-9H2,1-2H3,(H,15,20). The molecule has 3 rings (SSSR count). The molecule has 0 unspecified atom stereocenters. The van der Waals surface area contributed by atoms with Crippen LogP contribution in [-0.2, 0) is 16.4 Å².